The smallest absolute Gasteiger partial charge is 0.119 e. The highest BCUT2D eigenvalue weighted by Crippen LogP contribution is 2.34. The third-order valence-electron chi connectivity index (χ3n) is 6.47. The number of hydrogen-bond donors (Lipinski definition) is 1. The molecule has 2 aromatic carbocycles. The first-order valence-corrected chi connectivity index (χ1v) is 11.4. The molecule has 1 N–H and O–H groups in total. The Bertz CT molecular complexity index is 786. The van der Waals surface area contributed by atoms with Crippen molar-refractivity contribution in [1.82, 2.24) is 4.90 Å². The van der Waals surface area contributed by atoms with E-state index in [2.05, 4.69) is 62.5 Å². The van der Waals surface area contributed by atoms with E-state index in [1.165, 1.54) is 66.6 Å². The second-order valence-electron chi connectivity index (χ2n) is 8.23. The first-order valence-electron chi connectivity index (χ1n) is 10.6. The van der Waals surface area contributed by atoms with E-state index >= 15 is 0 Å². The molecule has 150 valence electrons. The highest BCUT2D eigenvalue weighted by molar-refractivity contribution is 9.10. The Kier molecular flexibility index (Phi) is 6.58. The predicted molar refractivity (Wildman–Crippen MR) is 120 cm³/mol. The van der Waals surface area contributed by atoms with Crippen molar-refractivity contribution in [2.45, 2.75) is 38.0 Å². The summed E-state index contributed by atoms with van der Waals surface area (Å²) in [6.07, 6.45) is 6.29. The van der Waals surface area contributed by atoms with Crippen molar-refractivity contribution in [3.05, 3.63) is 58.1 Å². The molecule has 28 heavy (non-hydrogen) atoms. The quantitative estimate of drug-likeness (QED) is 0.620. The molecule has 2 heterocycles. The Labute approximate surface area is 177 Å². The van der Waals surface area contributed by atoms with Crippen LogP contribution in [0.2, 0.25) is 0 Å². The van der Waals surface area contributed by atoms with Crippen molar-refractivity contribution in [3.63, 3.8) is 0 Å². The number of methoxy groups -OCH3 is 1. The summed E-state index contributed by atoms with van der Waals surface area (Å²) in [4.78, 5) is 2.68. The summed E-state index contributed by atoms with van der Waals surface area (Å²) in [7, 11) is 1.74. The molecular weight excluding hydrogens is 412 g/mol. The van der Waals surface area contributed by atoms with Gasteiger partial charge in [-0.05, 0) is 99.0 Å². The van der Waals surface area contributed by atoms with E-state index in [-0.39, 0.29) is 0 Å². The lowest BCUT2D eigenvalue weighted by atomic mass is 9.87. The number of halogens is 1. The van der Waals surface area contributed by atoms with Gasteiger partial charge in [0.1, 0.15) is 5.75 Å². The van der Waals surface area contributed by atoms with E-state index < -0.39 is 0 Å². The van der Waals surface area contributed by atoms with Crippen LogP contribution in [0.15, 0.2) is 46.9 Å². The van der Waals surface area contributed by atoms with Gasteiger partial charge >= 0.3 is 0 Å². The van der Waals surface area contributed by atoms with E-state index in [4.69, 9.17) is 4.74 Å². The molecule has 2 aliphatic rings. The van der Waals surface area contributed by atoms with Crippen LogP contribution in [0, 0.1) is 5.92 Å². The number of ether oxygens (including phenoxy) is 1. The number of nitrogens with zero attached hydrogens (tertiary/aromatic N) is 1. The summed E-state index contributed by atoms with van der Waals surface area (Å²) >= 11 is 3.71. The Morgan fingerprint density at radius 3 is 2.75 bits per heavy atom. The predicted octanol–water partition coefficient (Wildman–Crippen LogP) is 5.70. The van der Waals surface area contributed by atoms with Crippen molar-refractivity contribution in [2.75, 3.05) is 38.6 Å². The monoisotopic (exact) mass is 442 g/mol. The number of benzene rings is 2. The number of nitrogens with one attached hydrogen (secondary N) is 1. The van der Waals surface area contributed by atoms with E-state index in [0.29, 0.717) is 5.92 Å². The van der Waals surface area contributed by atoms with Gasteiger partial charge in [-0.25, -0.2) is 0 Å². The van der Waals surface area contributed by atoms with E-state index in [0.717, 1.165) is 24.6 Å². The van der Waals surface area contributed by atoms with E-state index in [9.17, 15) is 0 Å². The lowest BCUT2D eigenvalue weighted by Crippen LogP contribution is -2.35. The van der Waals surface area contributed by atoms with E-state index in [1.54, 1.807) is 7.11 Å². The average molecular weight is 443 g/mol. The molecule has 1 unspecified atom stereocenters. The Morgan fingerprint density at radius 2 is 1.93 bits per heavy atom. The molecule has 4 heteroatoms. The SMILES string of the molecule is COc1ccc(Br)c(CC2CCN(CCC3CCNc4ccccc43)CC2)c1. The lowest BCUT2D eigenvalue weighted by Gasteiger charge is -2.34. The minimum atomic E-state index is 0.711. The zero-order valence-corrected chi connectivity index (χ0v) is 18.4. The highest BCUT2D eigenvalue weighted by atomic mass is 79.9. The van der Waals surface area contributed by atoms with Gasteiger partial charge in [0.25, 0.3) is 0 Å². The number of piperidine rings is 1. The van der Waals surface area contributed by atoms with Crippen LogP contribution >= 0.6 is 15.9 Å². The van der Waals surface area contributed by atoms with Gasteiger partial charge in [-0.1, -0.05) is 34.1 Å². The fourth-order valence-corrected chi connectivity index (χ4v) is 5.16. The molecule has 2 aromatic rings. The highest BCUT2D eigenvalue weighted by Gasteiger charge is 2.23. The summed E-state index contributed by atoms with van der Waals surface area (Å²) in [6.45, 7) is 4.81. The number of para-hydroxylation sites is 1. The second kappa shape index (κ2) is 9.32. The van der Waals surface area contributed by atoms with Gasteiger partial charge < -0.3 is 15.0 Å². The fourth-order valence-electron chi connectivity index (χ4n) is 4.75. The normalized spacial score (nSPS) is 20.4. The van der Waals surface area contributed by atoms with Gasteiger partial charge in [-0.15, -0.1) is 0 Å². The van der Waals surface area contributed by atoms with Crippen LogP contribution in [0.3, 0.4) is 0 Å². The molecule has 4 rings (SSSR count). The van der Waals surface area contributed by atoms with Gasteiger partial charge in [0.05, 0.1) is 7.11 Å². The van der Waals surface area contributed by atoms with Crippen molar-refractivity contribution >= 4 is 21.6 Å². The van der Waals surface area contributed by atoms with Gasteiger partial charge in [0.2, 0.25) is 0 Å². The largest absolute Gasteiger partial charge is 0.497 e. The first-order chi connectivity index (χ1) is 13.7. The van der Waals surface area contributed by atoms with Gasteiger partial charge in [-0.3, -0.25) is 0 Å². The Hall–Kier alpha value is -1.52. The molecule has 0 saturated carbocycles. The van der Waals surface area contributed by atoms with Crippen LogP contribution in [0.25, 0.3) is 0 Å². The molecule has 2 aliphatic heterocycles. The molecule has 1 fully saturated rings. The zero-order valence-electron chi connectivity index (χ0n) is 16.8. The third-order valence-corrected chi connectivity index (χ3v) is 7.24. The number of hydrogen-bond acceptors (Lipinski definition) is 3. The molecular formula is C24H31BrN2O. The summed E-state index contributed by atoms with van der Waals surface area (Å²) in [6, 6.07) is 15.2. The minimum absolute atomic E-state index is 0.711. The van der Waals surface area contributed by atoms with Crippen LogP contribution in [-0.4, -0.2) is 38.2 Å². The molecule has 0 radical (unpaired) electrons. The van der Waals surface area contributed by atoms with Crippen LogP contribution in [0.5, 0.6) is 5.75 Å². The lowest BCUT2D eigenvalue weighted by molar-refractivity contribution is 0.178. The number of likely N-dealkylation sites (tertiary alicyclic amines) is 1. The fraction of sp³-hybridized carbons (Fsp3) is 0.500. The molecule has 0 aromatic heterocycles. The van der Waals surface area contributed by atoms with Gasteiger partial charge in [-0.2, -0.15) is 0 Å². The van der Waals surface area contributed by atoms with Gasteiger partial charge in [0.15, 0.2) is 0 Å². The van der Waals surface area contributed by atoms with Crippen molar-refractivity contribution in [2.24, 2.45) is 5.92 Å². The summed E-state index contributed by atoms with van der Waals surface area (Å²) in [5.74, 6) is 2.44. The number of fused-ring (bicyclic) bond motifs is 1. The average Bonchev–Trinajstić information content (AvgIpc) is 2.75. The molecule has 0 amide bonds. The molecule has 0 spiro atoms. The van der Waals surface area contributed by atoms with E-state index in [1.807, 2.05) is 6.07 Å². The maximum Gasteiger partial charge on any atom is 0.119 e. The maximum absolute atomic E-state index is 5.40. The zero-order chi connectivity index (χ0) is 19.3. The van der Waals surface area contributed by atoms with Gasteiger partial charge in [0, 0.05) is 16.7 Å². The van der Waals surface area contributed by atoms with Crippen LogP contribution in [0.4, 0.5) is 5.69 Å². The number of anilines is 1. The molecule has 1 saturated heterocycles. The van der Waals surface area contributed by atoms with Crippen LogP contribution in [-0.2, 0) is 6.42 Å². The van der Waals surface area contributed by atoms with Crippen molar-refractivity contribution < 1.29 is 4.74 Å². The summed E-state index contributed by atoms with van der Waals surface area (Å²) in [5.41, 5.74) is 4.25. The standard InChI is InChI=1S/C24H31BrN2O/c1-28-21-6-7-23(25)20(17-21)16-18-9-13-27(14-10-18)15-11-19-8-12-26-24-5-3-2-4-22(19)24/h2-7,17-19,26H,8-16H2,1H3. The molecule has 3 nitrogen and oxygen atoms in total. The molecule has 0 bridgehead atoms. The third kappa shape index (κ3) is 4.72. The van der Waals surface area contributed by atoms with Crippen molar-refractivity contribution in [3.8, 4) is 5.75 Å². The maximum atomic E-state index is 5.40. The summed E-state index contributed by atoms with van der Waals surface area (Å²) < 4.78 is 6.61. The van der Waals surface area contributed by atoms with Crippen LogP contribution < -0.4 is 10.1 Å². The molecule has 0 aliphatic carbocycles. The Morgan fingerprint density at radius 1 is 1.11 bits per heavy atom. The van der Waals surface area contributed by atoms with Crippen LogP contribution in [0.1, 0.15) is 42.7 Å². The minimum Gasteiger partial charge on any atom is -0.497 e. The second-order valence-corrected chi connectivity index (χ2v) is 9.09. The molecule has 1 atom stereocenters. The van der Waals surface area contributed by atoms with Crippen molar-refractivity contribution in [1.29, 1.82) is 0 Å². The number of rotatable bonds is 6. The summed E-state index contributed by atoms with van der Waals surface area (Å²) in [5, 5.41) is 3.55. The Balaban J connectivity index is 1.26. The topological polar surface area (TPSA) is 24.5 Å². The first kappa shape index (κ1) is 19.8.